The molecule has 17 heavy (non-hydrogen) atoms. The molecule has 0 saturated carbocycles. The number of hydrogen-bond acceptors (Lipinski definition) is 3. The zero-order chi connectivity index (χ0) is 12.3. The van der Waals surface area contributed by atoms with Crippen molar-refractivity contribution in [3.63, 3.8) is 0 Å². The molecule has 0 unspecified atom stereocenters. The maximum Gasteiger partial charge on any atom is 0.172 e. The van der Waals surface area contributed by atoms with Gasteiger partial charge >= 0.3 is 0 Å². The topological polar surface area (TPSA) is 44.5 Å². The van der Waals surface area contributed by atoms with Gasteiger partial charge in [-0.3, -0.25) is 0 Å². The van der Waals surface area contributed by atoms with Gasteiger partial charge < -0.3 is 15.2 Å². The van der Waals surface area contributed by atoms with Gasteiger partial charge in [-0.1, -0.05) is 0 Å². The van der Waals surface area contributed by atoms with E-state index in [1.165, 1.54) is 25.3 Å². The lowest BCUT2D eigenvalue weighted by molar-refractivity contribution is 0.376. The van der Waals surface area contributed by atoms with E-state index >= 15 is 0 Å². The van der Waals surface area contributed by atoms with E-state index in [1.54, 1.807) is 24.3 Å². The van der Waals surface area contributed by atoms with Crippen LogP contribution in [0.15, 0.2) is 42.5 Å². The molecule has 0 heterocycles. The van der Waals surface area contributed by atoms with Gasteiger partial charge in [-0.25, -0.2) is 4.39 Å². The van der Waals surface area contributed by atoms with Gasteiger partial charge in [-0.15, -0.1) is 0 Å². The summed E-state index contributed by atoms with van der Waals surface area (Å²) in [7, 11) is 1.50. The molecule has 4 heteroatoms. The minimum Gasteiger partial charge on any atom is -0.493 e. The molecular formula is C13H12FNO2. The minimum absolute atomic E-state index is 0.331. The van der Waals surface area contributed by atoms with Crippen molar-refractivity contribution in [3.05, 3.63) is 48.3 Å². The van der Waals surface area contributed by atoms with E-state index in [1.807, 2.05) is 0 Å². The molecule has 0 aliphatic carbocycles. The van der Waals surface area contributed by atoms with Crippen LogP contribution >= 0.6 is 0 Å². The lowest BCUT2D eigenvalue weighted by Crippen LogP contribution is -1.91. The molecule has 3 nitrogen and oxygen atoms in total. The van der Waals surface area contributed by atoms with Gasteiger partial charge in [0.15, 0.2) is 11.5 Å². The number of methoxy groups -OCH3 is 1. The second kappa shape index (κ2) is 4.74. The Kier molecular flexibility index (Phi) is 3.14. The van der Waals surface area contributed by atoms with Crippen LogP contribution in [0.2, 0.25) is 0 Å². The summed E-state index contributed by atoms with van der Waals surface area (Å²) in [6.07, 6.45) is 0. The number of nitrogens with two attached hydrogens (primary N) is 1. The number of halogens is 1. The van der Waals surface area contributed by atoms with Crippen molar-refractivity contribution in [2.75, 3.05) is 12.8 Å². The van der Waals surface area contributed by atoms with Crippen LogP contribution < -0.4 is 15.2 Å². The molecule has 2 rings (SSSR count). The average Bonchev–Trinajstić information content (AvgIpc) is 2.32. The van der Waals surface area contributed by atoms with E-state index in [0.717, 1.165) is 0 Å². The smallest absolute Gasteiger partial charge is 0.172 e. The Balaban J connectivity index is 2.28. The van der Waals surface area contributed by atoms with Crippen molar-refractivity contribution < 1.29 is 13.9 Å². The third kappa shape index (κ3) is 2.66. The Bertz CT molecular complexity index is 511. The molecule has 0 aromatic heterocycles. The first-order valence-corrected chi connectivity index (χ1v) is 5.06. The van der Waals surface area contributed by atoms with Crippen LogP contribution in [0.1, 0.15) is 0 Å². The average molecular weight is 233 g/mol. The molecule has 0 radical (unpaired) electrons. The molecule has 0 aliphatic rings. The number of ether oxygens (including phenoxy) is 2. The monoisotopic (exact) mass is 233 g/mol. The summed E-state index contributed by atoms with van der Waals surface area (Å²) >= 11 is 0. The third-order valence-corrected chi connectivity index (χ3v) is 2.23. The summed E-state index contributed by atoms with van der Waals surface area (Å²) in [6.45, 7) is 0. The van der Waals surface area contributed by atoms with E-state index in [0.29, 0.717) is 22.9 Å². The number of anilines is 1. The first-order chi connectivity index (χ1) is 8.19. The van der Waals surface area contributed by atoms with Crippen LogP contribution in [0.5, 0.6) is 17.2 Å². The predicted molar refractivity (Wildman–Crippen MR) is 63.9 cm³/mol. The maximum absolute atomic E-state index is 13.1. The number of nitrogen functional groups attached to an aromatic ring is 1. The molecule has 0 amide bonds. The van der Waals surface area contributed by atoms with Gasteiger partial charge in [0, 0.05) is 11.8 Å². The van der Waals surface area contributed by atoms with Gasteiger partial charge in [0.25, 0.3) is 0 Å². The van der Waals surface area contributed by atoms with Crippen molar-refractivity contribution in [3.8, 4) is 17.2 Å². The highest BCUT2D eigenvalue weighted by atomic mass is 19.1. The van der Waals surface area contributed by atoms with Crippen LogP contribution in [-0.4, -0.2) is 7.11 Å². The highest BCUT2D eigenvalue weighted by Gasteiger charge is 2.06. The van der Waals surface area contributed by atoms with E-state index in [-0.39, 0.29) is 5.82 Å². The molecule has 0 bridgehead atoms. The molecule has 0 fully saturated rings. The highest BCUT2D eigenvalue weighted by molar-refractivity contribution is 5.46. The summed E-state index contributed by atoms with van der Waals surface area (Å²) in [5.41, 5.74) is 6.20. The minimum atomic E-state index is -0.378. The maximum atomic E-state index is 13.1. The lowest BCUT2D eigenvalue weighted by atomic mass is 10.3. The number of rotatable bonds is 3. The van der Waals surface area contributed by atoms with Gasteiger partial charge in [0.1, 0.15) is 11.6 Å². The quantitative estimate of drug-likeness (QED) is 0.828. The van der Waals surface area contributed by atoms with E-state index in [2.05, 4.69) is 0 Å². The summed E-state index contributed by atoms with van der Waals surface area (Å²) in [4.78, 5) is 0. The predicted octanol–water partition coefficient (Wildman–Crippen LogP) is 3.21. The summed E-state index contributed by atoms with van der Waals surface area (Å²) in [6, 6.07) is 10.9. The summed E-state index contributed by atoms with van der Waals surface area (Å²) in [5.74, 6) is 1.000. The largest absolute Gasteiger partial charge is 0.493 e. The van der Waals surface area contributed by atoms with Crippen LogP contribution in [0, 0.1) is 5.82 Å². The fourth-order valence-electron chi connectivity index (χ4n) is 1.39. The van der Waals surface area contributed by atoms with E-state index in [4.69, 9.17) is 15.2 Å². The Morgan fingerprint density at radius 1 is 1.00 bits per heavy atom. The van der Waals surface area contributed by atoms with Crippen molar-refractivity contribution in [1.82, 2.24) is 0 Å². The molecule has 0 atom stereocenters. The standard InChI is InChI=1S/C13H12FNO2/c1-16-12-7-2-9(14)8-13(12)17-11-5-3-10(15)4-6-11/h2-8H,15H2,1H3. The molecule has 0 aliphatic heterocycles. The SMILES string of the molecule is COc1ccc(F)cc1Oc1ccc(N)cc1. The lowest BCUT2D eigenvalue weighted by Gasteiger charge is -2.10. The Morgan fingerprint density at radius 2 is 1.71 bits per heavy atom. The molecular weight excluding hydrogens is 221 g/mol. The van der Waals surface area contributed by atoms with Gasteiger partial charge in [0.05, 0.1) is 7.11 Å². The van der Waals surface area contributed by atoms with Crippen LogP contribution in [0.25, 0.3) is 0 Å². The zero-order valence-electron chi connectivity index (χ0n) is 9.31. The molecule has 88 valence electrons. The summed E-state index contributed by atoms with van der Waals surface area (Å²) < 4.78 is 23.7. The second-order valence-corrected chi connectivity index (χ2v) is 3.47. The van der Waals surface area contributed by atoms with Gasteiger partial charge in [-0.05, 0) is 36.4 Å². The summed E-state index contributed by atoms with van der Waals surface area (Å²) in [5, 5.41) is 0. The van der Waals surface area contributed by atoms with Crippen molar-refractivity contribution in [2.24, 2.45) is 0 Å². The van der Waals surface area contributed by atoms with Crippen LogP contribution in [0.4, 0.5) is 10.1 Å². The molecule has 0 saturated heterocycles. The molecule has 0 spiro atoms. The van der Waals surface area contributed by atoms with Crippen LogP contribution in [0.3, 0.4) is 0 Å². The van der Waals surface area contributed by atoms with Crippen molar-refractivity contribution in [1.29, 1.82) is 0 Å². The molecule has 2 aromatic carbocycles. The Hall–Kier alpha value is -2.23. The van der Waals surface area contributed by atoms with Gasteiger partial charge in [0.2, 0.25) is 0 Å². The number of hydrogen-bond donors (Lipinski definition) is 1. The number of benzene rings is 2. The van der Waals surface area contributed by atoms with Crippen molar-refractivity contribution >= 4 is 5.69 Å². The normalized spacial score (nSPS) is 10.0. The Morgan fingerprint density at radius 3 is 2.35 bits per heavy atom. The molecule has 2 N–H and O–H groups in total. The first kappa shape index (κ1) is 11.3. The van der Waals surface area contributed by atoms with E-state index in [9.17, 15) is 4.39 Å². The van der Waals surface area contributed by atoms with Gasteiger partial charge in [-0.2, -0.15) is 0 Å². The third-order valence-electron chi connectivity index (χ3n) is 2.23. The first-order valence-electron chi connectivity index (χ1n) is 5.06. The zero-order valence-corrected chi connectivity index (χ0v) is 9.31. The highest BCUT2D eigenvalue weighted by Crippen LogP contribution is 2.32. The van der Waals surface area contributed by atoms with Crippen LogP contribution in [-0.2, 0) is 0 Å². The fourth-order valence-corrected chi connectivity index (χ4v) is 1.39. The van der Waals surface area contributed by atoms with Crippen molar-refractivity contribution in [2.45, 2.75) is 0 Å². The van der Waals surface area contributed by atoms with E-state index < -0.39 is 0 Å². The second-order valence-electron chi connectivity index (χ2n) is 3.47. The fraction of sp³-hybridized carbons (Fsp3) is 0.0769. The molecule has 2 aromatic rings. The Labute approximate surface area is 98.6 Å².